The Balaban J connectivity index is 0.000000459. The van der Waals surface area contributed by atoms with Gasteiger partial charge in [0.1, 0.15) is 0 Å². The van der Waals surface area contributed by atoms with Gasteiger partial charge in [0, 0.05) is 0 Å². The fourth-order valence-electron chi connectivity index (χ4n) is 2.06. The van der Waals surface area contributed by atoms with Crippen LogP contribution in [0.1, 0.15) is 16.0 Å². The molecule has 0 N–H and O–H groups in total. The van der Waals surface area contributed by atoms with E-state index in [-0.39, 0.29) is 17.3 Å². The van der Waals surface area contributed by atoms with Crippen molar-refractivity contribution in [3.63, 3.8) is 0 Å². The van der Waals surface area contributed by atoms with Crippen molar-refractivity contribution in [2.75, 3.05) is 0 Å². The van der Waals surface area contributed by atoms with Gasteiger partial charge in [0.2, 0.25) is 0 Å². The van der Waals surface area contributed by atoms with E-state index in [0.717, 1.165) is 0 Å². The zero-order valence-corrected chi connectivity index (χ0v) is 10.5. The molecule has 0 bridgehead atoms. The third-order valence-corrected chi connectivity index (χ3v) is 3.33. The Morgan fingerprint density at radius 2 is 1.18 bits per heavy atom. The molecule has 88 valence electrons. The third-order valence-electron chi connectivity index (χ3n) is 2.72. The van der Waals surface area contributed by atoms with Gasteiger partial charge in [-0.05, 0) is 0 Å². The monoisotopic (exact) mass is 286 g/mol. The van der Waals surface area contributed by atoms with Crippen LogP contribution in [0.25, 0.3) is 11.1 Å². The van der Waals surface area contributed by atoms with Crippen LogP contribution in [0.4, 0.5) is 0 Å². The fourth-order valence-corrected chi connectivity index (χ4v) is 2.56. The fraction of sp³-hybridized carbons (Fsp3) is 0.0714. The predicted molar refractivity (Wildman–Crippen MR) is 59.4 cm³/mol. The molecule has 2 radical (unpaired) electrons. The Hall–Kier alpha value is -1.11. The van der Waals surface area contributed by atoms with Crippen molar-refractivity contribution in [2.45, 2.75) is 4.89 Å². The van der Waals surface area contributed by atoms with Crippen LogP contribution in [-0.4, -0.2) is 6.79 Å². The van der Waals surface area contributed by atoms with Gasteiger partial charge in [0.15, 0.2) is 0 Å². The summed E-state index contributed by atoms with van der Waals surface area (Å²) in [4.78, 5) is 7.68. The SMILES string of the molecule is [C]=O.[Cl-].[Ni+][CH]1c2ccccc2-c2ccccc21. The summed E-state index contributed by atoms with van der Waals surface area (Å²) in [6, 6.07) is 16.9. The zero-order chi connectivity index (χ0) is 11.5. The quantitative estimate of drug-likeness (QED) is 0.619. The van der Waals surface area contributed by atoms with Crippen LogP contribution < -0.4 is 12.4 Å². The van der Waals surface area contributed by atoms with Gasteiger partial charge in [-0.25, -0.2) is 0 Å². The minimum absolute atomic E-state index is 0. The Labute approximate surface area is 115 Å². The van der Waals surface area contributed by atoms with Crippen LogP contribution in [0, 0.1) is 0 Å². The predicted octanol–water partition coefficient (Wildman–Crippen LogP) is -0.0899. The Morgan fingerprint density at radius 1 is 0.824 bits per heavy atom. The number of benzene rings is 2. The van der Waals surface area contributed by atoms with Gasteiger partial charge in [-0.2, -0.15) is 0 Å². The van der Waals surface area contributed by atoms with E-state index in [1.54, 1.807) is 0 Å². The average Bonchev–Trinajstić information content (AvgIpc) is 2.67. The Bertz CT molecular complexity index is 468. The molecule has 0 amide bonds. The maximum absolute atomic E-state index is 7.50. The number of rotatable bonds is 0. The Morgan fingerprint density at radius 3 is 1.59 bits per heavy atom. The summed E-state index contributed by atoms with van der Waals surface area (Å²) in [6.45, 7) is 4.50. The first-order valence-electron chi connectivity index (χ1n) is 4.87. The number of hydrogen-bond acceptors (Lipinski definition) is 1. The molecule has 0 fully saturated rings. The van der Waals surface area contributed by atoms with Gasteiger partial charge >= 0.3 is 91.1 Å². The molecule has 1 aliphatic carbocycles. The summed E-state index contributed by atoms with van der Waals surface area (Å²) < 4.78 is 0. The van der Waals surface area contributed by atoms with E-state index in [9.17, 15) is 0 Å². The van der Waals surface area contributed by atoms with Gasteiger partial charge in [0.05, 0.1) is 0 Å². The van der Waals surface area contributed by atoms with Crippen molar-refractivity contribution in [3.05, 3.63) is 59.7 Å². The first-order valence-corrected chi connectivity index (χ1v) is 5.44. The van der Waals surface area contributed by atoms with Crippen molar-refractivity contribution in [1.29, 1.82) is 0 Å². The summed E-state index contributed by atoms with van der Waals surface area (Å²) >= 11 is 5.19. The second kappa shape index (κ2) is 6.00. The number of halogens is 1. The van der Waals surface area contributed by atoms with Crippen LogP contribution >= 0.6 is 0 Å². The van der Waals surface area contributed by atoms with E-state index in [2.05, 4.69) is 55.3 Å². The van der Waals surface area contributed by atoms with Crippen molar-refractivity contribution in [3.8, 4) is 11.1 Å². The third kappa shape index (κ3) is 2.29. The second-order valence-electron chi connectivity index (χ2n) is 3.50. The number of hydrogen-bond donors (Lipinski definition) is 0. The van der Waals surface area contributed by atoms with E-state index >= 15 is 0 Å². The molecule has 0 atom stereocenters. The van der Waals surface area contributed by atoms with Crippen LogP contribution in [0.2, 0.25) is 0 Å². The van der Waals surface area contributed by atoms with Crippen molar-refractivity contribution >= 4 is 6.79 Å². The molecule has 1 nitrogen and oxygen atoms in total. The molecular weight excluding hydrogens is 278 g/mol. The molecule has 0 saturated carbocycles. The summed E-state index contributed by atoms with van der Waals surface area (Å²) in [5, 5.41) is 0. The van der Waals surface area contributed by atoms with Gasteiger partial charge in [-0.15, -0.1) is 0 Å². The van der Waals surface area contributed by atoms with Gasteiger partial charge < -0.3 is 12.4 Å². The first kappa shape index (κ1) is 14.0. The molecule has 0 aliphatic heterocycles. The first-order chi connectivity index (χ1) is 7.88. The molecule has 2 aromatic rings. The maximum atomic E-state index is 7.50. The molecule has 2 aromatic carbocycles. The Kier molecular flexibility index (Phi) is 4.92. The van der Waals surface area contributed by atoms with Gasteiger partial charge in [0.25, 0.3) is 6.79 Å². The normalized spacial score (nSPS) is 11.6. The van der Waals surface area contributed by atoms with E-state index in [4.69, 9.17) is 20.3 Å². The molecule has 0 heterocycles. The number of carbonyl (C=O) groups excluding carboxylic acids is 1. The van der Waals surface area contributed by atoms with Crippen LogP contribution in [0.5, 0.6) is 0 Å². The van der Waals surface area contributed by atoms with Crippen molar-refractivity contribution in [1.82, 2.24) is 0 Å². The molecule has 1 aliphatic rings. The number of fused-ring (bicyclic) bond motifs is 3. The summed E-state index contributed by atoms with van der Waals surface area (Å²) in [5.74, 6) is 0. The molecular formula is C14H9ClNiO. The standard InChI is InChI=1S/C13H9.CO.ClH.Ni/c1-3-7-12-10(5-1)9-11-6-2-4-8-13(11)12;1-2;;/h1-9H;;1H;/q;;;+1/p-1. The van der Waals surface area contributed by atoms with Crippen molar-refractivity contribution < 1.29 is 32.7 Å². The minimum atomic E-state index is 0. The molecule has 17 heavy (non-hydrogen) atoms. The van der Waals surface area contributed by atoms with E-state index in [1.165, 1.54) is 22.3 Å². The van der Waals surface area contributed by atoms with E-state index in [1.807, 2.05) is 0 Å². The topological polar surface area (TPSA) is 17.1 Å². The summed E-state index contributed by atoms with van der Waals surface area (Å²) in [5.41, 5.74) is 5.24. The van der Waals surface area contributed by atoms with Crippen molar-refractivity contribution in [2.24, 2.45) is 0 Å². The molecule has 0 aromatic heterocycles. The van der Waals surface area contributed by atoms with Crippen LogP contribution in [0.15, 0.2) is 48.5 Å². The van der Waals surface area contributed by atoms with Gasteiger partial charge in [-0.3, -0.25) is 4.79 Å². The molecule has 0 saturated heterocycles. The molecule has 3 heteroatoms. The van der Waals surface area contributed by atoms with E-state index in [0.29, 0.717) is 0 Å². The zero-order valence-electron chi connectivity index (χ0n) is 8.80. The van der Waals surface area contributed by atoms with Gasteiger partial charge in [-0.1, -0.05) is 0 Å². The van der Waals surface area contributed by atoms with Crippen LogP contribution in [-0.2, 0) is 20.3 Å². The van der Waals surface area contributed by atoms with Crippen LogP contribution in [0.3, 0.4) is 0 Å². The molecule has 0 spiro atoms. The summed E-state index contributed by atoms with van der Waals surface area (Å²) in [7, 11) is 0. The molecule has 0 unspecified atom stereocenters. The summed E-state index contributed by atoms with van der Waals surface area (Å²) in [6.07, 6.45) is 0. The average molecular weight is 287 g/mol. The molecule has 3 rings (SSSR count). The second-order valence-corrected chi connectivity index (χ2v) is 4.07. The van der Waals surface area contributed by atoms with E-state index < -0.39 is 0 Å².